The molecule has 1 unspecified atom stereocenters. The first kappa shape index (κ1) is 14.6. The van der Waals surface area contributed by atoms with Crippen molar-refractivity contribution in [2.75, 3.05) is 13.7 Å². The van der Waals surface area contributed by atoms with E-state index in [0.29, 0.717) is 0 Å². The van der Waals surface area contributed by atoms with Gasteiger partial charge in [-0.25, -0.2) is 0 Å². The van der Waals surface area contributed by atoms with Crippen LogP contribution < -0.4 is 10.1 Å². The number of ether oxygens (including phenoxy) is 1. The van der Waals surface area contributed by atoms with E-state index in [1.54, 1.807) is 0 Å². The van der Waals surface area contributed by atoms with Gasteiger partial charge in [0.2, 0.25) is 0 Å². The van der Waals surface area contributed by atoms with E-state index in [-0.39, 0.29) is 6.04 Å². The van der Waals surface area contributed by atoms with Crippen LogP contribution in [0.1, 0.15) is 29.2 Å². The van der Waals surface area contributed by atoms with Gasteiger partial charge >= 0.3 is 0 Å². The molecule has 1 N–H and O–H groups in total. The third-order valence-corrected chi connectivity index (χ3v) is 4.84. The van der Waals surface area contributed by atoms with Gasteiger partial charge in [-0.3, -0.25) is 0 Å². The lowest BCUT2D eigenvalue weighted by Gasteiger charge is -2.25. The first-order valence-corrected chi connectivity index (χ1v) is 8.24. The molecular weight excluding hydrogens is 326 g/mol. The van der Waals surface area contributed by atoms with Gasteiger partial charge in [0.15, 0.2) is 0 Å². The predicted molar refractivity (Wildman–Crippen MR) is 89.9 cm³/mol. The van der Waals surface area contributed by atoms with Crippen LogP contribution in [-0.2, 0) is 12.8 Å². The molecule has 0 radical (unpaired) electrons. The zero-order valence-corrected chi connectivity index (χ0v) is 13.8. The van der Waals surface area contributed by atoms with E-state index in [4.69, 9.17) is 4.74 Å². The van der Waals surface area contributed by atoms with Crippen molar-refractivity contribution in [2.24, 2.45) is 0 Å². The Balaban J connectivity index is 1.92. The number of halogens is 1. The van der Waals surface area contributed by atoms with Crippen LogP contribution in [0, 0.1) is 0 Å². The van der Waals surface area contributed by atoms with Crippen molar-refractivity contribution in [3.05, 3.63) is 63.6 Å². The third kappa shape index (κ3) is 3.14. The fourth-order valence-corrected chi connectivity index (χ4v) is 3.39. The molecule has 3 heteroatoms. The second kappa shape index (κ2) is 6.63. The molecular formula is C18H20BrNO. The van der Waals surface area contributed by atoms with E-state index in [1.807, 2.05) is 7.05 Å². The summed E-state index contributed by atoms with van der Waals surface area (Å²) in [5.41, 5.74) is 3.92. The Labute approximate surface area is 134 Å². The van der Waals surface area contributed by atoms with Gasteiger partial charge in [-0.2, -0.15) is 0 Å². The smallest absolute Gasteiger partial charge is 0.127 e. The third-order valence-electron chi connectivity index (χ3n) is 4.07. The number of likely N-dealkylation sites (N-methyl/N-ethyl adjacent to an activating group) is 1. The van der Waals surface area contributed by atoms with Crippen molar-refractivity contribution in [2.45, 2.75) is 25.3 Å². The number of hydrogen-bond acceptors (Lipinski definition) is 2. The van der Waals surface area contributed by atoms with Gasteiger partial charge in [-0.15, -0.1) is 0 Å². The van der Waals surface area contributed by atoms with Gasteiger partial charge in [-0.05, 0) is 43.5 Å². The molecule has 0 aromatic heterocycles. The molecule has 0 amide bonds. The molecule has 21 heavy (non-hydrogen) atoms. The summed E-state index contributed by atoms with van der Waals surface area (Å²) in [5.74, 6) is 1.09. The first-order valence-electron chi connectivity index (χ1n) is 7.45. The van der Waals surface area contributed by atoms with Gasteiger partial charge in [0.25, 0.3) is 0 Å². The van der Waals surface area contributed by atoms with Gasteiger partial charge < -0.3 is 10.1 Å². The lowest BCUT2D eigenvalue weighted by Crippen LogP contribution is -2.21. The number of rotatable bonds is 4. The highest BCUT2D eigenvalue weighted by Gasteiger charge is 2.20. The molecule has 1 aliphatic heterocycles. The maximum Gasteiger partial charge on any atom is 0.127 e. The predicted octanol–water partition coefficient (Wildman–Crippen LogP) is 4.28. The average molecular weight is 346 g/mol. The SMILES string of the molecule is CNC(Cc1ccccc1Br)c1cccc2c1OCCC2. The number of benzene rings is 2. The van der Waals surface area contributed by atoms with Crippen molar-refractivity contribution < 1.29 is 4.74 Å². The highest BCUT2D eigenvalue weighted by Crippen LogP contribution is 2.34. The topological polar surface area (TPSA) is 21.3 Å². The summed E-state index contributed by atoms with van der Waals surface area (Å²) in [7, 11) is 2.02. The lowest BCUT2D eigenvalue weighted by atomic mass is 9.94. The van der Waals surface area contributed by atoms with Crippen LogP contribution in [0.4, 0.5) is 0 Å². The maximum absolute atomic E-state index is 5.95. The Morgan fingerprint density at radius 3 is 2.86 bits per heavy atom. The molecule has 1 aliphatic rings. The summed E-state index contributed by atoms with van der Waals surface area (Å²) in [6.07, 6.45) is 3.18. The fourth-order valence-electron chi connectivity index (χ4n) is 2.94. The first-order chi connectivity index (χ1) is 10.3. The highest BCUT2D eigenvalue weighted by atomic mass is 79.9. The zero-order valence-electron chi connectivity index (χ0n) is 12.2. The van der Waals surface area contributed by atoms with E-state index < -0.39 is 0 Å². The van der Waals surface area contributed by atoms with Crippen molar-refractivity contribution in [3.63, 3.8) is 0 Å². The average Bonchev–Trinajstić information content (AvgIpc) is 2.54. The van der Waals surface area contributed by atoms with Crippen LogP contribution >= 0.6 is 15.9 Å². The van der Waals surface area contributed by atoms with E-state index in [1.165, 1.54) is 16.7 Å². The zero-order chi connectivity index (χ0) is 14.7. The van der Waals surface area contributed by atoms with Crippen molar-refractivity contribution in [1.82, 2.24) is 5.32 Å². The molecule has 2 aromatic carbocycles. The van der Waals surface area contributed by atoms with Gasteiger partial charge in [0.1, 0.15) is 5.75 Å². The molecule has 3 rings (SSSR count). The number of hydrogen-bond donors (Lipinski definition) is 1. The second-order valence-electron chi connectivity index (χ2n) is 5.42. The van der Waals surface area contributed by atoms with Crippen molar-refractivity contribution >= 4 is 15.9 Å². The molecule has 0 saturated carbocycles. The van der Waals surface area contributed by atoms with E-state index >= 15 is 0 Å². The summed E-state index contributed by atoms with van der Waals surface area (Å²) in [6, 6.07) is 15.2. The second-order valence-corrected chi connectivity index (χ2v) is 6.28. The van der Waals surface area contributed by atoms with E-state index in [2.05, 4.69) is 63.7 Å². The van der Waals surface area contributed by atoms with Crippen LogP contribution in [-0.4, -0.2) is 13.7 Å². The van der Waals surface area contributed by atoms with Crippen LogP contribution in [0.2, 0.25) is 0 Å². The minimum atomic E-state index is 0.261. The normalized spacial score (nSPS) is 15.1. The monoisotopic (exact) mass is 345 g/mol. The van der Waals surface area contributed by atoms with Crippen molar-refractivity contribution in [3.8, 4) is 5.75 Å². The quantitative estimate of drug-likeness (QED) is 0.892. The molecule has 1 heterocycles. The minimum Gasteiger partial charge on any atom is -0.493 e. The molecule has 1 atom stereocenters. The Hall–Kier alpha value is -1.32. The summed E-state index contributed by atoms with van der Waals surface area (Å²) in [4.78, 5) is 0. The molecule has 0 bridgehead atoms. The van der Waals surface area contributed by atoms with Gasteiger partial charge in [0.05, 0.1) is 6.61 Å². The Kier molecular flexibility index (Phi) is 4.61. The van der Waals surface area contributed by atoms with Crippen molar-refractivity contribution in [1.29, 1.82) is 0 Å². The molecule has 2 aromatic rings. The summed E-state index contributed by atoms with van der Waals surface area (Å²) >= 11 is 3.64. The lowest BCUT2D eigenvalue weighted by molar-refractivity contribution is 0.282. The maximum atomic E-state index is 5.95. The van der Waals surface area contributed by atoms with Crippen LogP contribution in [0.5, 0.6) is 5.75 Å². The molecule has 0 saturated heterocycles. The largest absolute Gasteiger partial charge is 0.493 e. The molecule has 0 aliphatic carbocycles. The number of aryl methyl sites for hydroxylation is 1. The van der Waals surface area contributed by atoms with Gasteiger partial charge in [0, 0.05) is 16.1 Å². The number of para-hydroxylation sites is 1. The fraction of sp³-hybridized carbons (Fsp3) is 0.333. The Bertz CT molecular complexity index is 626. The van der Waals surface area contributed by atoms with Crippen LogP contribution in [0.25, 0.3) is 0 Å². The molecule has 2 nitrogen and oxygen atoms in total. The summed E-state index contributed by atoms with van der Waals surface area (Å²) in [5, 5.41) is 3.44. The summed E-state index contributed by atoms with van der Waals surface area (Å²) < 4.78 is 7.12. The Morgan fingerprint density at radius 2 is 2.05 bits per heavy atom. The van der Waals surface area contributed by atoms with Crippen LogP contribution in [0.15, 0.2) is 46.9 Å². The highest BCUT2D eigenvalue weighted by molar-refractivity contribution is 9.10. The summed E-state index contributed by atoms with van der Waals surface area (Å²) in [6.45, 7) is 0.829. The van der Waals surface area contributed by atoms with Gasteiger partial charge in [-0.1, -0.05) is 52.3 Å². The van der Waals surface area contributed by atoms with E-state index in [0.717, 1.165) is 36.1 Å². The molecule has 0 spiro atoms. The van der Waals surface area contributed by atoms with Crippen LogP contribution in [0.3, 0.4) is 0 Å². The van der Waals surface area contributed by atoms with E-state index in [9.17, 15) is 0 Å². The molecule has 110 valence electrons. The number of nitrogens with one attached hydrogen (secondary N) is 1. The standard InChI is InChI=1S/C18H20BrNO/c1-20-17(12-14-6-2-3-10-16(14)19)15-9-4-7-13-8-5-11-21-18(13)15/h2-4,6-7,9-10,17,20H,5,8,11-12H2,1H3. The minimum absolute atomic E-state index is 0.261. The molecule has 0 fully saturated rings. The number of fused-ring (bicyclic) bond motifs is 1. The Morgan fingerprint density at radius 1 is 1.19 bits per heavy atom.